The molecule has 0 aliphatic carbocycles. The second-order valence-electron chi connectivity index (χ2n) is 5.42. The summed E-state index contributed by atoms with van der Waals surface area (Å²) in [5.41, 5.74) is 0.599. The van der Waals surface area contributed by atoms with Crippen LogP contribution in [0, 0.1) is 17.0 Å². The third-order valence-electron chi connectivity index (χ3n) is 3.47. The Labute approximate surface area is 159 Å². The number of esters is 1. The number of rotatable bonds is 5. The van der Waals surface area contributed by atoms with Crippen LogP contribution in [0.25, 0.3) is 0 Å². The number of carbonyl (C=O) groups excluding carboxylic acids is 2. The van der Waals surface area contributed by atoms with Crippen molar-refractivity contribution in [3.8, 4) is 0 Å². The molecule has 2 aromatic rings. The van der Waals surface area contributed by atoms with Crippen molar-refractivity contribution in [1.29, 1.82) is 0 Å². The van der Waals surface area contributed by atoms with E-state index in [2.05, 4.69) is 5.32 Å². The Morgan fingerprint density at radius 3 is 2.50 bits per heavy atom. The lowest BCUT2D eigenvalue weighted by Crippen LogP contribution is -2.30. The summed E-state index contributed by atoms with van der Waals surface area (Å²) in [6, 6.07) is 8.37. The van der Waals surface area contributed by atoms with Gasteiger partial charge in [0, 0.05) is 16.7 Å². The molecule has 1 amide bonds. The summed E-state index contributed by atoms with van der Waals surface area (Å²) in [6.07, 6.45) is -1.12. The zero-order chi connectivity index (χ0) is 19.4. The molecule has 0 saturated heterocycles. The Morgan fingerprint density at radius 2 is 1.88 bits per heavy atom. The van der Waals surface area contributed by atoms with Crippen molar-refractivity contribution in [2.45, 2.75) is 20.0 Å². The minimum atomic E-state index is -1.12. The fourth-order valence-electron chi connectivity index (χ4n) is 2.10. The van der Waals surface area contributed by atoms with Crippen LogP contribution in [0.5, 0.6) is 0 Å². The van der Waals surface area contributed by atoms with Crippen molar-refractivity contribution < 1.29 is 19.2 Å². The molecule has 0 fully saturated rings. The van der Waals surface area contributed by atoms with E-state index >= 15 is 0 Å². The summed E-state index contributed by atoms with van der Waals surface area (Å²) in [5.74, 6) is -1.37. The predicted octanol–water partition coefficient (Wildman–Crippen LogP) is 4.39. The first-order valence-electron chi connectivity index (χ1n) is 7.41. The van der Waals surface area contributed by atoms with Crippen LogP contribution in [0.3, 0.4) is 0 Å². The van der Waals surface area contributed by atoms with Crippen molar-refractivity contribution in [3.63, 3.8) is 0 Å². The largest absolute Gasteiger partial charge is 0.449 e. The topological polar surface area (TPSA) is 98.5 Å². The van der Waals surface area contributed by atoms with Crippen molar-refractivity contribution in [2.24, 2.45) is 0 Å². The highest BCUT2D eigenvalue weighted by molar-refractivity contribution is 6.35. The third-order valence-corrected chi connectivity index (χ3v) is 4.03. The van der Waals surface area contributed by atoms with Gasteiger partial charge in [0.05, 0.1) is 21.2 Å². The number of anilines is 1. The lowest BCUT2D eigenvalue weighted by molar-refractivity contribution is -0.385. The number of ether oxygens (including phenoxy) is 1. The second-order valence-corrected chi connectivity index (χ2v) is 6.26. The molecule has 1 atom stereocenters. The molecular formula is C17H14Cl2N2O5. The maximum Gasteiger partial charge on any atom is 0.338 e. The summed E-state index contributed by atoms with van der Waals surface area (Å²) in [7, 11) is 0. The summed E-state index contributed by atoms with van der Waals surface area (Å²) in [4.78, 5) is 34.6. The van der Waals surface area contributed by atoms with Gasteiger partial charge in [-0.3, -0.25) is 14.9 Å². The Bertz CT molecular complexity index is 885. The molecule has 0 aliphatic heterocycles. The Morgan fingerprint density at radius 1 is 1.19 bits per heavy atom. The molecule has 0 saturated carbocycles. The molecule has 2 rings (SSSR count). The van der Waals surface area contributed by atoms with E-state index in [9.17, 15) is 19.7 Å². The van der Waals surface area contributed by atoms with Crippen LogP contribution < -0.4 is 5.32 Å². The van der Waals surface area contributed by atoms with Crippen LogP contribution in [-0.2, 0) is 9.53 Å². The van der Waals surface area contributed by atoms with E-state index in [1.807, 2.05) is 0 Å². The number of halogens is 2. The Balaban J connectivity index is 2.06. The minimum Gasteiger partial charge on any atom is -0.449 e. The number of nitrogens with zero attached hydrogens (tertiary/aromatic N) is 1. The normalized spacial score (nSPS) is 11.5. The van der Waals surface area contributed by atoms with E-state index in [1.165, 1.54) is 44.2 Å². The highest BCUT2D eigenvalue weighted by atomic mass is 35.5. The first-order chi connectivity index (χ1) is 12.2. The number of aryl methyl sites for hydroxylation is 1. The van der Waals surface area contributed by atoms with Gasteiger partial charge in [-0.15, -0.1) is 0 Å². The van der Waals surface area contributed by atoms with Gasteiger partial charge in [-0.25, -0.2) is 4.79 Å². The van der Waals surface area contributed by atoms with Crippen molar-refractivity contribution >= 4 is 46.5 Å². The molecule has 0 bridgehead atoms. The molecule has 0 heterocycles. The van der Waals surface area contributed by atoms with Gasteiger partial charge < -0.3 is 10.1 Å². The zero-order valence-electron chi connectivity index (χ0n) is 13.8. The number of nitrogens with one attached hydrogen (secondary N) is 1. The van der Waals surface area contributed by atoms with Crippen LogP contribution in [0.15, 0.2) is 36.4 Å². The summed E-state index contributed by atoms with van der Waals surface area (Å²) < 4.78 is 5.10. The maximum atomic E-state index is 12.2. The lowest BCUT2D eigenvalue weighted by atomic mass is 10.1. The molecule has 0 aromatic heterocycles. The summed E-state index contributed by atoms with van der Waals surface area (Å²) >= 11 is 11.8. The number of benzene rings is 2. The molecule has 7 nitrogen and oxygen atoms in total. The molecule has 9 heteroatoms. The second kappa shape index (κ2) is 8.16. The summed E-state index contributed by atoms with van der Waals surface area (Å²) in [5, 5.41) is 14.0. The monoisotopic (exact) mass is 396 g/mol. The van der Waals surface area contributed by atoms with Crippen LogP contribution in [-0.4, -0.2) is 22.9 Å². The number of amides is 1. The van der Waals surface area contributed by atoms with Crippen LogP contribution in [0.2, 0.25) is 10.0 Å². The lowest BCUT2D eigenvalue weighted by Gasteiger charge is -2.14. The van der Waals surface area contributed by atoms with E-state index in [1.54, 1.807) is 6.07 Å². The van der Waals surface area contributed by atoms with E-state index in [0.717, 1.165) is 0 Å². The van der Waals surface area contributed by atoms with Gasteiger partial charge in [-0.2, -0.15) is 0 Å². The fourth-order valence-corrected chi connectivity index (χ4v) is 2.43. The average Bonchev–Trinajstić information content (AvgIpc) is 2.57. The van der Waals surface area contributed by atoms with E-state index in [-0.39, 0.29) is 16.3 Å². The highest BCUT2D eigenvalue weighted by Crippen LogP contribution is 2.26. The van der Waals surface area contributed by atoms with E-state index < -0.39 is 22.9 Å². The Kier molecular flexibility index (Phi) is 6.18. The zero-order valence-corrected chi connectivity index (χ0v) is 15.3. The molecule has 0 spiro atoms. The van der Waals surface area contributed by atoms with E-state index in [0.29, 0.717) is 16.3 Å². The predicted molar refractivity (Wildman–Crippen MR) is 97.8 cm³/mol. The standard InChI is InChI=1S/C17H14Cl2N2O5/c1-9-7-11(3-6-15(9)21(24)25)17(23)26-10(2)16(22)20-14-8-12(18)4-5-13(14)19/h3-8,10H,1-2H3,(H,20,22). The minimum absolute atomic E-state index is 0.105. The van der Waals surface area contributed by atoms with Gasteiger partial charge in [0.15, 0.2) is 6.10 Å². The number of hydrogen-bond donors (Lipinski definition) is 1. The number of hydrogen-bond acceptors (Lipinski definition) is 5. The SMILES string of the molecule is Cc1cc(C(=O)OC(C)C(=O)Nc2cc(Cl)ccc2Cl)ccc1[N+](=O)[O-]. The molecule has 0 radical (unpaired) electrons. The molecule has 1 N–H and O–H groups in total. The van der Waals surface area contributed by atoms with Gasteiger partial charge in [-0.05, 0) is 44.2 Å². The molecule has 136 valence electrons. The highest BCUT2D eigenvalue weighted by Gasteiger charge is 2.21. The van der Waals surface area contributed by atoms with Crippen LogP contribution >= 0.6 is 23.2 Å². The number of nitro benzene ring substituents is 1. The quantitative estimate of drug-likeness (QED) is 0.458. The van der Waals surface area contributed by atoms with Gasteiger partial charge >= 0.3 is 5.97 Å². The smallest absolute Gasteiger partial charge is 0.338 e. The average molecular weight is 397 g/mol. The maximum absolute atomic E-state index is 12.2. The summed E-state index contributed by atoms with van der Waals surface area (Å²) in [6.45, 7) is 2.90. The number of nitro groups is 1. The molecule has 26 heavy (non-hydrogen) atoms. The molecular weight excluding hydrogens is 383 g/mol. The van der Waals surface area contributed by atoms with Gasteiger partial charge in [0.2, 0.25) is 0 Å². The Hall–Kier alpha value is -2.64. The molecule has 1 unspecified atom stereocenters. The van der Waals surface area contributed by atoms with Crippen molar-refractivity contribution in [2.75, 3.05) is 5.32 Å². The first-order valence-corrected chi connectivity index (χ1v) is 8.16. The molecule has 0 aliphatic rings. The van der Waals surface area contributed by atoms with Crippen molar-refractivity contribution in [3.05, 3.63) is 67.7 Å². The third kappa shape index (κ3) is 4.71. The molecule has 2 aromatic carbocycles. The van der Waals surface area contributed by atoms with Gasteiger partial charge in [0.25, 0.3) is 11.6 Å². The van der Waals surface area contributed by atoms with E-state index in [4.69, 9.17) is 27.9 Å². The van der Waals surface area contributed by atoms with Crippen LogP contribution in [0.4, 0.5) is 11.4 Å². The van der Waals surface area contributed by atoms with Crippen LogP contribution in [0.1, 0.15) is 22.8 Å². The first kappa shape index (κ1) is 19.7. The number of carbonyl (C=O) groups is 2. The van der Waals surface area contributed by atoms with Crippen molar-refractivity contribution in [1.82, 2.24) is 0 Å². The van der Waals surface area contributed by atoms with Gasteiger partial charge in [-0.1, -0.05) is 23.2 Å². The van der Waals surface area contributed by atoms with Gasteiger partial charge in [0.1, 0.15) is 0 Å². The fraction of sp³-hybridized carbons (Fsp3) is 0.176.